The molecular formula is C12H7N5O8. The predicted octanol–water partition coefficient (Wildman–Crippen LogP) is 1.76. The lowest BCUT2D eigenvalue weighted by atomic mass is 10.1. The number of hydrogen-bond acceptors (Lipinski definition) is 9. The van der Waals surface area contributed by atoms with Gasteiger partial charge in [-0.3, -0.25) is 35.1 Å². The standard InChI is InChI=1S/C12H7N5O8/c18-10-4-9(17(24)25)5-13-11(10)14-12(19)6-1-7(15(20)21)3-8(2-6)16(22)23/h1-5,18H,(H,13,14,19). The fourth-order valence-corrected chi connectivity index (χ4v) is 1.76. The van der Waals surface area contributed by atoms with Crippen LogP contribution in [0.15, 0.2) is 30.5 Å². The zero-order valence-corrected chi connectivity index (χ0v) is 12.0. The number of nitrogens with zero attached hydrogens (tertiary/aromatic N) is 4. The first-order valence-corrected chi connectivity index (χ1v) is 6.27. The molecule has 0 fully saturated rings. The molecule has 25 heavy (non-hydrogen) atoms. The molecule has 2 aromatic rings. The number of amides is 1. The van der Waals surface area contributed by atoms with Crippen molar-refractivity contribution >= 4 is 28.8 Å². The quantitative estimate of drug-likeness (QED) is 0.597. The Balaban J connectivity index is 2.36. The minimum atomic E-state index is -1.04. The number of aromatic nitrogens is 1. The Morgan fingerprint density at radius 3 is 1.88 bits per heavy atom. The van der Waals surface area contributed by atoms with Crippen molar-refractivity contribution in [1.82, 2.24) is 4.98 Å². The van der Waals surface area contributed by atoms with Crippen LogP contribution in [-0.4, -0.2) is 30.8 Å². The molecule has 0 aliphatic heterocycles. The number of pyridine rings is 1. The van der Waals surface area contributed by atoms with Crippen molar-refractivity contribution in [3.8, 4) is 5.75 Å². The van der Waals surface area contributed by atoms with Gasteiger partial charge in [0, 0.05) is 12.1 Å². The van der Waals surface area contributed by atoms with Crippen LogP contribution in [-0.2, 0) is 0 Å². The first-order chi connectivity index (χ1) is 11.7. The van der Waals surface area contributed by atoms with Crippen molar-refractivity contribution in [2.75, 3.05) is 5.32 Å². The van der Waals surface area contributed by atoms with E-state index >= 15 is 0 Å². The summed E-state index contributed by atoms with van der Waals surface area (Å²) in [6.07, 6.45) is 0.769. The smallest absolute Gasteiger partial charge is 0.291 e. The van der Waals surface area contributed by atoms with Gasteiger partial charge in [0.15, 0.2) is 11.6 Å². The van der Waals surface area contributed by atoms with Crippen LogP contribution < -0.4 is 5.32 Å². The Morgan fingerprint density at radius 1 is 0.920 bits per heavy atom. The number of carbonyl (C=O) groups is 1. The molecule has 0 atom stereocenters. The highest BCUT2D eigenvalue weighted by atomic mass is 16.6. The number of benzene rings is 1. The topological polar surface area (TPSA) is 192 Å². The Bertz CT molecular complexity index is 880. The van der Waals surface area contributed by atoms with Gasteiger partial charge in [-0.15, -0.1) is 0 Å². The van der Waals surface area contributed by atoms with Crippen molar-refractivity contribution in [1.29, 1.82) is 0 Å². The maximum atomic E-state index is 12.1. The molecule has 1 aromatic heterocycles. The Hall–Kier alpha value is -4.16. The lowest BCUT2D eigenvalue weighted by molar-refractivity contribution is -0.394. The van der Waals surface area contributed by atoms with Crippen molar-refractivity contribution < 1.29 is 24.7 Å². The zero-order chi connectivity index (χ0) is 18.7. The van der Waals surface area contributed by atoms with Crippen LogP contribution in [0.4, 0.5) is 22.9 Å². The molecule has 0 spiro atoms. The van der Waals surface area contributed by atoms with Gasteiger partial charge in [-0.05, 0) is 0 Å². The molecule has 0 saturated heterocycles. The van der Waals surface area contributed by atoms with Gasteiger partial charge in [0.25, 0.3) is 23.0 Å². The highest BCUT2D eigenvalue weighted by Crippen LogP contribution is 2.27. The van der Waals surface area contributed by atoms with E-state index in [1.807, 2.05) is 0 Å². The second-order valence-corrected chi connectivity index (χ2v) is 4.52. The lowest BCUT2D eigenvalue weighted by Crippen LogP contribution is -2.14. The van der Waals surface area contributed by atoms with Crippen molar-refractivity contribution in [2.45, 2.75) is 0 Å². The molecule has 0 radical (unpaired) electrons. The molecule has 1 heterocycles. The summed E-state index contributed by atoms with van der Waals surface area (Å²) in [7, 11) is 0. The van der Waals surface area contributed by atoms with Gasteiger partial charge < -0.3 is 10.4 Å². The van der Waals surface area contributed by atoms with Crippen LogP contribution in [0.1, 0.15) is 10.4 Å². The molecule has 13 nitrogen and oxygen atoms in total. The number of aromatic hydroxyl groups is 1. The van der Waals surface area contributed by atoms with Crippen LogP contribution in [0, 0.1) is 30.3 Å². The number of carbonyl (C=O) groups excluding carboxylic acids is 1. The first kappa shape index (κ1) is 17.2. The zero-order valence-electron chi connectivity index (χ0n) is 12.0. The van der Waals surface area contributed by atoms with E-state index in [4.69, 9.17) is 0 Å². The molecule has 0 aliphatic carbocycles. The molecule has 1 amide bonds. The van der Waals surface area contributed by atoms with E-state index < -0.39 is 54.9 Å². The average Bonchev–Trinajstić information content (AvgIpc) is 2.55. The number of anilines is 1. The Kier molecular flexibility index (Phi) is 4.49. The third kappa shape index (κ3) is 3.79. The summed E-state index contributed by atoms with van der Waals surface area (Å²) >= 11 is 0. The second kappa shape index (κ2) is 6.53. The molecule has 0 unspecified atom stereocenters. The number of nitrogens with one attached hydrogen (secondary N) is 1. The molecule has 1 aromatic carbocycles. The summed E-state index contributed by atoms with van der Waals surface area (Å²) in [6.45, 7) is 0. The molecule has 0 saturated carbocycles. The van der Waals surface area contributed by atoms with Gasteiger partial charge in [0.1, 0.15) is 6.20 Å². The molecule has 13 heteroatoms. The normalized spacial score (nSPS) is 10.1. The number of non-ortho nitro benzene ring substituents is 2. The summed E-state index contributed by atoms with van der Waals surface area (Å²) in [5.41, 5.74) is -2.32. The van der Waals surface area contributed by atoms with E-state index in [9.17, 15) is 40.2 Å². The Morgan fingerprint density at radius 2 is 1.44 bits per heavy atom. The van der Waals surface area contributed by atoms with Gasteiger partial charge >= 0.3 is 0 Å². The van der Waals surface area contributed by atoms with Crippen LogP contribution in [0.3, 0.4) is 0 Å². The molecular weight excluding hydrogens is 342 g/mol. The number of nitro benzene ring substituents is 2. The Labute approximate surface area is 137 Å². The van der Waals surface area contributed by atoms with Crippen molar-refractivity contribution in [3.63, 3.8) is 0 Å². The van der Waals surface area contributed by atoms with E-state index in [-0.39, 0.29) is 0 Å². The van der Waals surface area contributed by atoms with Crippen LogP contribution >= 0.6 is 0 Å². The third-order valence-corrected chi connectivity index (χ3v) is 2.88. The average molecular weight is 349 g/mol. The molecule has 2 rings (SSSR count). The molecule has 128 valence electrons. The number of rotatable bonds is 5. The van der Waals surface area contributed by atoms with E-state index in [2.05, 4.69) is 10.3 Å². The number of hydrogen-bond donors (Lipinski definition) is 2. The highest BCUT2D eigenvalue weighted by molar-refractivity contribution is 6.05. The van der Waals surface area contributed by atoms with Crippen molar-refractivity contribution in [2.24, 2.45) is 0 Å². The fraction of sp³-hybridized carbons (Fsp3) is 0. The van der Waals surface area contributed by atoms with Crippen LogP contribution in [0.2, 0.25) is 0 Å². The summed E-state index contributed by atoms with van der Waals surface area (Å²) in [4.78, 5) is 45.1. The summed E-state index contributed by atoms with van der Waals surface area (Å²) in [5, 5.41) is 43.8. The molecule has 0 bridgehead atoms. The summed E-state index contributed by atoms with van der Waals surface area (Å²) in [5.74, 6) is -2.21. The van der Waals surface area contributed by atoms with Crippen LogP contribution in [0.5, 0.6) is 5.75 Å². The minimum absolute atomic E-state index is 0.430. The van der Waals surface area contributed by atoms with Gasteiger partial charge in [-0.1, -0.05) is 0 Å². The number of nitro groups is 3. The van der Waals surface area contributed by atoms with Gasteiger partial charge in [-0.25, -0.2) is 4.98 Å². The maximum Gasteiger partial charge on any atom is 0.291 e. The SMILES string of the molecule is O=C(Nc1ncc([N+](=O)[O-])cc1O)c1cc([N+](=O)[O-])cc([N+](=O)[O-])c1. The second-order valence-electron chi connectivity index (χ2n) is 4.52. The first-order valence-electron chi connectivity index (χ1n) is 6.27. The minimum Gasteiger partial charge on any atom is -0.504 e. The molecule has 0 aliphatic rings. The monoisotopic (exact) mass is 349 g/mol. The predicted molar refractivity (Wildman–Crippen MR) is 80.3 cm³/mol. The summed E-state index contributed by atoms with van der Waals surface area (Å²) in [6, 6.07) is 3.01. The van der Waals surface area contributed by atoms with E-state index in [1.54, 1.807) is 0 Å². The van der Waals surface area contributed by atoms with Gasteiger partial charge in [0.05, 0.1) is 32.5 Å². The lowest BCUT2D eigenvalue weighted by Gasteiger charge is -2.06. The highest BCUT2D eigenvalue weighted by Gasteiger charge is 2.21. The largest absolute Gasteiger partial charge is 0.504 e. The fourth-order valence-electron chi connectivity index (χ4n) is 1.76. The van der Waals surface area contributed by atoms with E-state index in [0.29, 0.717) is 6.07 Å². The van der Waals surface area contributed by atoms with Crippen LogP contribution in [0.25, 0.3) is 0 Å². The molecule has 2 N–H and O–H groups in total. The van der Waals surface area contributed by atoms with E-state index in [0.717, 1.165) is 24.4 Å². The summed E-state index contributed by atoms with van der Waals surface area (Å²) < 4.78 is 0. The van der Waals surface area contributed by atoms with Gasteiger partial charge in [-0.2, -0.15) is 0 Å². The third-order valence-electron chi connectivity index (χ3n) is 2.88. The maximum absolute atomic E-state index is 12.1. The van der Waals surface area contributed by atoms with Gasteiger partial charge in [0.2, 0.25) is 0 Å². The van der Waals surface area contributed by atoms with Crippen molar-refractivity contribution in [3.05, 3.63) is 66.4 Å². The van der Waals surface area contributed by atoms with E-state index in [1.165, 1.54) is 0 Å².